The minimum absolute atomic E-state index is 0.134. The molecule has 4 rings (SSSR count). The number of nitrogens with zero attached hydrogens (tertiary/aromatic N) is 3. The molecule has 0 N–H and O–H groups in total. The standard InChI is InChI=1S/C23H27N3O5S3/c1-30-14-13-25-19-11-8-17(32-3)15-21(19)33-23(25)24-22(27)20-5-4-12-26(20)34(28,29)18-9-6-16(31-2)7-10-18/h6-11,15,20H,4-5,12-14H2,1-3H3. The summed E-state index contributed by atoms with van der Waals surface area (Å²) in [6, 6.07) is 11.5. The Hall–Kier alpha value is -2.18. The zero-order valence-corrected chi connectivity index (χ0v) is 21.7. The Balaban J connectivity index is 1.69. The molecule has 1 unspecified atom stereocenters. The van der Waals surface area contributed by atoms with Crippen LogP contribution in [0.5, 0.6) is 5.75 Å². The van der Waals surface area contributed by atoms with Crippen molar-refractivity contribution in [3.63, 3.8) is 0 Å². The van der Waals surface area contributed by atoms with Crippen LogP contribution in [0.4, 0.5) is 0 Å². The highest BCUT2D eigenvalue weighted by Gasteiger charge is 2.39. The molecule has 8 nitrogen and oxygen atoms in total. The molecule has 182 valence electrons. The van der Waals surface area contributed by atoms with E-state index in [0.717, 1.165) is 15.1 Å². The summed E-state index contributed by atoms with van der Waals surface area (Å²) in [5, 5.41) is 0. The van der Waals surface area contributed by atoms with E-state index in [4.69, 9.17) is 9.47 Å². The number of carbonyl (C=O) groups excluding carboxylic acids is 1. The average Bonchev–Trinajstić information content (AvgIpc) is 3.47. The molecule has 1 fully saturated rings. The number of thioether (sulfide) groups is 1. The van der Waals surface area contributed by atoms with Crippen molar-refractivity contribution in [3.8, 4) is 5.75 Å². The van der Waals surface area contributed by atoms with Crippen LogP contribution < -0.4 is 9.54 Å². The van der Waals surface area contributed by atoms with Crippen LogP contribution in [0.3, 0.4) is 0 Å². The van der Waals surface area contributed by atoms with Gasteiger partial charge in [-0.05, 0) is 61.6 Å². The summed E-state index contributed by atoms with van der Waals surface area (Å²) in [4.78, 5) is 19.5. The Morgan fingerprint density at radius 1 is 1.21 bits per heavy atom. The van der Waals surface area contributed by atoms with Crippen LogP contribution in [-0.4, -0.2) is 62.9 Å². The van der Waals surface area contributed by atoms with Gasteiger partial charge in [-0.2, -0.15) is 9.30 Å². The molecular formula is C23H27N3O5S3. The maximum Gasteiger partial charge on any atom is 0.266 e. The first-order chi connectivity index (χ1) is 16.4. The number of fused-ring (bicyclic) bond motifs is 1. The van der Waals surface area contributed by atoms with E-state index in [9.17, 15) is 13.2 Å². The van der Waals surface area contributed by atoms with Crippen molar-refractivity contribution in [3.05, 3.63) is 47.3 Å². The van der Waals surface area contributed by atoms with E-state index in [1.807, 2.05) is 23.0 Å². The third-order valence-electron chi connectivity index (χ3n) is 5.77. The van der Waals surface area contributed by atoms with Gasteiger partial charge in [0, 0.05) is 25.1 Å². The molecule has 2 heterocycles. The van der Waals surface area contributed by atoms with E-state index in [-0.39, 0.29) is 11.4 Å². The summed E-state index contributed by atoms with van der Waals surface area (Å²) in [5.41, 5.74) is 0.973. The van der Waals surface area contributed by atoms with Crippen LogP contribution in [0.2, 0.25) is 0 Å². The van der Waals surface area contributed by atoms with Crippen molar-refractivity contribution in [1.29, 1.82) is 0 Å². The lowest BCUT2D eigenvalue weighted by Crippen LogP contribution is -2.40. The molecule has 0 radical (unpaired) electrons. The summed E-state index contributed by atoms with van der Waals surface area (Å²) in [6.45, 7) is 1.30. The summed E-state index contributed by atoms with van der Waals surface area (Å²) in [6.07, 6.45) is 3.06. The second-order valence-electron chi connectivity index (χ2n) is 7.76. The molecule has 1 aliphatic rings. The highest BCUT2D eigenvalue weighted by molar-refractivity contribution is 7.98. The number of rotatable bonds is 8. The number of hydrogen-bond acceptors (Lipinski definition) is 7. The smallest absolute Gasteiger partial charge is 0.266 e. The summed E-state index contributed by atoms with van der Waals surface area (Å²) in [5.74, 6) is 0.121. The Morgan fingerprint density at radius 3 is 2.65 bits per heavy atom. The quantitative estimate of drug-likeness (QED) is 0.422. The van der Waals surface area contributed by atoms with Gasteiger partial charge < -0.3 is 14.0 Å². The molecule has 34 heavy (non-hydrogen) atoms. The molecule has 2 aromatic carbocycles. The predicted octanol–water partition coefficient (Wildman–Crippen LogP) is 3.36. The van der Waals surface area contributed by atoms with Gasteiger partial charge in [-0.15, -0.1) is 11.8 Å². The summed E-state index contributed by atoms with van der Waals surface area (Å²) >= 11 is 3.07. The number of carbonyl (C=O) groups is 1. The van der Waals surface area contributed by atoms with Crippen molar-refractivity contribution < 1.29 is 22.7 Å². The lowest BCUT2D eigenvalue weighted by atomic mass is 10.2. The molecule has 1 aliphatic heterocycles. The van der Waals surface area contributed by atoms with Gasteiger partial charge in [-0.1, -0.05) is 11.3 Å². The Labute approximate surface area is 207 Å². The van der Waals surface area contributed by atoms with E-state index in [1.165, 1.54) is 34.9 Å². The minimum atomic E-state index is -3.84. The average molecular weight is 522 g/mol. The second kappa shape index (κ2) is 10.6. The third kappa shape index (κ3) is 4.94. The molecule has 0 saturated carbocycles. The molecule has 0 aliphatic carbocycles. The van der Waals surface area contributed by atoms with Gasteiger partial charge in [0.15, 0.2) is 4.80 Å². The monoisotopic (exact) mass is 521 g/mol. The number of aromatic nitrogens is 1. The van der Waals surface area contributed by atoms with E-state index in [1.54, 1.807) is 31.0 Å². The normalized spacial score (nSPS) is 17.5. The number of hydrogen-bond donors (Lipinski definition) is 0. The van der Waals surface area contributed by atoms with E-state index in [2.05, 4.69) is 11.1 Å². The molecule has 11 heteroatoms. The molecule has 1 atom stereocenters. The third-order valence-corrected chi connectivity index (χ3v) is 9.46. The fourth-order valence-electron chi connectivity index (χ4n) is 3.99. The number of ether oxygens (including phenoxy) is 2. The summed E-state index contributed by atoms with van der Waals surface area (Å²) < 4.78 is 41.2. The number of methoxy groups -OCH3 is 2. The van der Waals surface area contributed by atoms with Gasteiger partial charge in [-0.25, -0.2) is 8.42 Å². The van der Waals surface area contributed by atoms with Crippen LogP contribution in [0.25, 0.3) is 10.2 Å². The number of benzene rings is 2. The van der Waals surface area contributed by atoms with Crippen LogP contribution in [0.15, 0.2) is 57.2 Å². The Kier molecular flexibility index (Phi) is 7.78. The van der Waals surface area contributed by atoms with Gasteiger partial charge in [0.25, 0.3) is 5.91 Å². The van der Waals surface area contributed by atoms with E-state index < -0.39 is 22.0 Å². The van der Waals surface area contributed by atoms with Crippen LogP contribution in [0.1, 0.15) is 12.8 Å². The maximum atomic E-state index is 13.3. The van der Waals surface area contributed by atoms with Crippen LogP contribution >= 0.6 is 23.1 Å². The molecule has 1 amide bonds. The topological polar surface area (TPSA) is 90.2 Å². The molecule has 3 aromatic rings. The largest absolute Gasteiger partial charge is 0.497 e. The molecule has 0 spiro atoms. The molecule has 1 aromatic heterocycles. The number of sulfonamides is 1. The minimum Gasteiger partial charge on any atom is -0.497 e. The predicted molar refractivity (Wildman–Crippen MR) is 134 cm³/mol. The molecular weight excluding hydrogens is 494 g/mol. The summed E-state index contributed by atoms with van der Waals surface area (Å²) in [7, 11) is -0.686. The first-order valence-electron chi connectivity index (χ1n) is 10.8. The fourth-order valence-corrected chi connectivity index (χ4v) is 7.26. The SMILES string of the molecule is COCCn1c(=NC(=O)C2CCCN2S(=O)(=O)c2ccc(OC)cc2)sc2cc(SC)ccc21. The highest BCUT2D eigenvalue weighted by atomic mass is 32.2. The van der Waals surface area contributed by atoms with Crippen LogP contribution in [-0.2, 0) is 26.1 Å². The van der Waals surface area contributed by atoms with Gasteiger partial charge in [0.1, 0.15) is 11.8 Å². The fraction of sp³-hybridized carbons (Fsp3) is 0.391. The second-order valence-corrected chi connectivity index (χ2v) is 11.5. The first kappa shape index (κ1) is 24.9. The van der Waals surface area contributed by atoms with Gasteiger partial charge in [-0.3, -0.25) is 4.79 Å². The van der Waals surface area contributed by atoms with Crippen molar-refractivity contribution >= 4 is 49.2 Å². The van der Waals surface area contributed by atoms with Crippen molar-refractivity contribution in [1.82, 2.24) is 8.87 Å². The van der Waals surface area contributed by atoms with E-state index >= 15 is 0 Å². The maximum absolute atomic E-state index is 13.3. The van der Waals surface area contributed by atoms with Crippen molar-refractivity contribution in [2.24, 2.45) is 4.99 Å². The van der Waals surface area contributed by atoms with E-state index in [0.29, 0.717) is 36.5 Å². The number of amides is 1. The number of thiazole rings is 1. The Morgan fingerprint density at radius 2 is 1.97 bits per heavy atom. The zero-order chi connectivity index (χ0) is 24.3. The Bertz CT molecular complexity index is 1350. The van der Waals surface area contributed by atoms with Gasteiger partial charge in [0.2, 0.25) is 10.0 Å². The van der Waals surface area contributed by atoms with Crippen molar-refractivity contribution in [2.75, 3.05) is 33.6 Å². The van der Waals surface area contributed by atoms with Crippen molar-refractivity contribution in [2.45, 2.75) is 35.2 Å². The zero-order valence-electron chi connectivity index (χ0n) is 19.3. The lowest BCUT2D eigenvalue weighted by molar-refractivity contribution is -0.121. The van der Waals surface area contributed by atoms with Gasteiger partial charge in [0.05, 0.1) is 28.8 Å². The highest BCUT2D eigenvalue weighted by Crippen LogP contribution is 2.28. The van der Waals surface area contributed by atoms with Crippen LogP contribution in [0, 0.1) is 0 Å². The van der Waals surface area contributed by atoms with Gasteiger partial charge >= 0.3 is 0 Å². The first-order valence-corrected chi connectivity index (χ1v) is 14.3. The molecule has 0 bridgehead atoms. The lowest BCUT2D eigenvalue weighted by Gasteiger charge is -2.21. The molecule has 1 saturated heterocycles.